The number of para-hydroxylation sites is 1. The van der Waals surface area contributed by atoms with E-state index in [2.05, 4.69) is 0 Å². The molecular formula is C14H20ClNO2. The lowest BCUT2D eigenvalue weighted by Crippen LogP contribution is -2.38. The van der Waals surface area contributed by atoms with Crippen LogP contribution in [0.4, 0.5) is 0 Å². The second kappa shape index (κ2) is 7.27. The Hall–Kier alpha value is -1.22. The van der Waals surface area contributed by atoms with E-state index in [-0.39, 0.29) is 11.9 Å². The average Bonchev–Trinajstić information content (AvgIpc) is 2.38. The molecule has 0 fully saturated rings. The maximum absolute atomic E-state index is 12.5. The number of nitrogens with zero attached hydrogens (tertiary/aromatic N) is 1. The van der Waals surface area contributed by atoms with Crippen molar-refractivity contribution in [3.05, 3.63) is 29.8 Å². The molecule has 4 heteroatoms. The van der Waals surface area contributed by atoms with Gasteiger partial charge in [-0.3, -0.25) is 4.79 Å². The summed E-state index contributed by atoms with van der Waals surface area (Å²) in [5.41, 5.74) is 0.600. The highest BCUT2D eigenvalue weighted by molar-refractivity contribution is 6.17. The first-order valence-electron chi connectivity index (χ1n) is 6.11. The number of carbonyl (C=O) groups is 1. The van der Waals surface area contributed by atoms with Crippen LogP contribution in [-0.2, 0) is 0 Å². The normalized spacial score (nSPS) is 10.5. The second-order valence-electron chi connectivity index (χ2n) is 4.34. The Morgan fingerprint density at radius 2 is 2.06 bits per heavy atom. The van der Waals surface area contributed by atoms with Gasteiger partial charge in [0.05, 0.1) is 12.7 Å². The second-order valence-corrected chi connectivity index (χ2v) is 4.71. The fourth-order valence-electron chi connectivity index (χ4n) is 1.80. The number of halogens is 1. The number of benzene rings is 1. The molecule has 3 nitrogen and oxygen atoms in total. The van der Waals surface area contributed by atoms with Crippen LogP contribution in [0.5, 0.6) is 5.75 Å². The standard InChI is InChI=1S/C14H20ClNO2/c1-11(2)16(10-6-9-15)14(17)12-7-4-5-8-13(12)18-3/h4-5,7-8,11H,6,9-10H2,1-3H3. The molecule has 0 aliphatic heterocycles. The molecule has 0 aliphatic carbocycles. The van der Waals surface area contributed by atoms with Crippen molar-refractivity contribution in [3.8, 4) is 5.75 Å². The molecule has 0 unspecified atom stereocenters. The van der Waals surface area contributed by atoms with Gasteiger partial charge in [0.25, 0.3) is 5.91 Å². The number of methoxy groups -OCH3 is 1. The first-order valence-corrected chi connectivity index (χ1v) is 6.65. The van der Waals surface area contributed by atoms with Crippen molar-refractivity contribution < 1.29 is 9.53 Å². The molecule has 1 aromatic rings. The summed E-state index contributed by atoms with van der Waals surface area (Å²) < 4.78 is 5.23. The topological polar surface area (TPSA) is 29.5 Å². The molecule has 0 saturated carbocycles. The van der Waals surface area contributed by atoms with Crippen molar-refractivity contribution in [1.82, 2.24) is 4.90 Å². The number of hydrogen-bond acceptors (Lipinski definition) is 2. The third-order valence-corrected chi connectivity index (χ3v) is 3.02. The third-order valence-electron chi connectivity index (χ3n) is 2.75. The molecule has 0 heterocycles. The number of alkyl halides is 1. The van der Waals surface area contributed by atoms with Gasteiger partial charge in [0.1, 0.15) is 5.75 Å². The smallest absolute Gasteiger partial charge is 0.257 e. The van der Waals surface area contributed by atoms with Crippen molar-refractivity contribution in [2.45, 2.75) is 26.3 Å². The molecule has 0 atom stereocenters. The predicted octanol–water partition coefficient (Wildman–Crippen LogP) is 3.17. The Balaban J connectivity index is 2.94. The van der Waals surface area contributed by atoms with Crippen molar-refractivity contribution in [1.29, 1.82) is 0 Å². The molecule has 0 bridgehead atoms. The van der Waals surface area contributed by atoms with E-state index in [0.29, 0.717) is 23.7 Å². The molecule has 0 spiro atoms. The fourth-order valence-corrected chi connectivity index (χ4v) is 1.92. The highest BCUT2D eigenvalue weighted by Gasteiger charge is 2.20. The van der Waals surface area contributed by atoms with Gasteiger partial charge in [-0.1, -0.05) is 12.1 Å². The monoisotopic (exact) mass is 269 g/mol. The Bertz CT molecular complexity index is 393. The molecule has 1 rings (SSSR count). The maximum atomic E-state index is 12.5. The largest absolute Gasteiger partial charge is 0.496 e. The van der Waals surface area contributed by atoms with Crippen LogP contribution in [0, 0.1) is 0 Å². The van der Waals surface area contributed by atoms with E-state index in [4.69, 9.17) is 16.3 Å². The van der Waals surface area contributed by atoms with Crippen LogP contribution in [0.15, 0.2) is 24.3 Å². The van der Waals surface area contributed by atoms with Gasteiger partial charge in [-0.15, -0.1) is 11.6 Å². The van der Waals surface area contributed by atoms with Crippen LogP contribution in [-0.4, -0.2) is 36.4 Å². The van der Waals surface area contributed by atoms with Crippen LogP contribution in [0.3, 0.4) is 0 Å². The number of ether oxygens (including phenoxy) is 1. The van der Waals surface area contributed by atoms with Crippen LogP contribution in [0.1, 0.15) is 30.6 Å². The van der Waals surface area contributed by atoms with Crippen LogP contribution in [0.25, 0.3) is 0 Å². The maximum Gasteiger partial charge on any atom is 0.257 e. The summed E-state index contributed by atoms with van der Waals surface area (Å²) in [4.78, 5) is 14.3. The molecule has 0 N–H and O–H groups in total. The van der Waals surface area contributed by atoms with Gasteiger partial charge < -0.3 is 9.64 Å². The number of rotatable bonds is 6. The Morgan fingerprint density at radius 1 is 1.39 bits per heavy atom. The number of amides is 1. The van der Waals surface area contributed by atoms with Crippen molar-refractivity contribution >= 4 is 17.5 Å². The van der Waals surface area contributed by atoms with E-state index in [9.17, 15) is 4.79 Å². The zero-order chi connectivity index (χ0) is 13.5. The van der Waals surface area contributed by atoms with E-state index in [1.165, 1.54) is 0 Å². The van der Waals surface area contributed by atoms with Crippen LogP contribution < -0.4 is 4.74 Å². The van der Waals surface area contributed by atoms with Gasteiger partial charge in [0.2, 0.25) is 0 Å². The zero-order valence-corrected chi connectivity index (χ0v) is 11.9. The molecule has 1 aromatic carbocycles. The minimum atomic E-state index is -0.00688. The summed E-state index contributed by atoms with van der Waals surface area (Å²) in [6.45, 7) is 4.67. The zero-order valence-electron chi connectivity index (χ0n) is 11.1. The highest BCUT2D eigenvalue weighted by atomic mass is 35.5. The molecule has 0 saturated heterocycles. The highest BCUT2D eigenvalue weighted by Crippen LogP contribution is 2.20. The van der Waals surface area contributed by atoms with Crippen molar-refractivity contribution in [3.63, 3.8) is 0 Å². The van der Waals surface area contributed by atoms with Gasteiger partial charge in [-0.25, -0.2) is 0 Å². The summed E-state index contributed by atoms with van der Waals surface area (Å²) in [6, 6.07) is 7.43. The lowest BCUT2D eigenvalue weighted by atomic mass is 10.1. The summed E-state index contributed by atoms with van der Waals surface area (Å²) in [5, 5.41) is 0. The molecule has 100 valence electrons. The third kappa shape index (κ3) is 3.64. The molecular weight excluding hydrogens is 250 g/mol. The molecule has 1 amide bonds. The first kappa shape index (κ1) is 14.8. The SMILES string of the molecule is COc1ccccc1C(=O)N(CCCCl)C(C)C. The van der Waals surface area contributed by atoms with Gasteiger partial charge in [0, 0.05) is 18.5 Å². The van der Waals surface area contributed by atoms with Crippen LogP contribution in [0.2, 0.25) is 0 Å². The Labute approximate surface area is 114 Å². The van der Waals surface area contributed by atoms with Gasteiger partial charge in [-0.05, 0) is 32.4 Å². The Kier molecular flexibility index (Phi) is 5.99. The lowest BCUT2D eigenvalue weighted by molar-refractivity contribution is 0.0703. The molecule has 18 heavy (non-hydrogen) atoms. The number of carbonyl (C=O) groups excluding carboxylic acids is 1. The minimum absolute atomic E-state index is 0.00688. The van der Waals surface area contributed by atoms with E-state index >= 15 is 0 Å². The van der Waals surface area contributed by atoms with Crippen LogP contribution >= 0.6 is 11.6 Å². The minimum Gasteiger partial charge on any atom is -0.496 e. The Morgan fingerprint density at radius 3 is 2.61 bits per heavy atom. The van der Waals surface area contributed by atoms with E-state index in [1.54, 1.807) is 19.2 Å². The number of hydrogen-bond donors (Lipinski definition) is 0. The predicted molar refractivity (Wildman–Crippen MR) is 74.5 cm³/mol. The van der Waals surface area contributed by atoms with Crippen molar-refractivity contribution in [2.75, 3.05) is 19.5 Å². The molecule has 0 aromatic heterocycles. The van der Waals surface area contributed by atoms with Gasteiger partial charge in [0.15, 0.2) is 0 Å². The summed E-state index contributed by atoms with van der Waals surface area (Å²) >= 11 is 5.70. The van der Waals surface area contributed by atoms with Gasteiger partial charge in [-0.2, -0.15) is 0 Å². The summed E-state index contributed by atoms with van der Waals surface area (Å²) in [6.07, 6.45) is 0.792. The quantitative estimate of drug-likeness (QED) is 0.743. The van der Waals surface area contributed by atoms with E-state index < -0.39 is 0 Å². The average molecular weight is 270 g/mol. The first-order chi connectivity index (χ1) is 8.61. The lowest BCUT2D eigenvalue weighted by Gasteiger charge is -2.27. The fraction of sp³-hybridized carbons (Fsp3) is 0.500. The molecule has 0 radical (unpaired) electrons. The molecule has 0 aliphatic rings. The summed E-state index contributed by atoms with van der Waals surface area (Å²) in [7, 11) is 1.57. The van der Waals surface area contributed by atoms with Crippen molar-refractivity contribution in [2.24, 2.45) is 0 Å². The van der Waals surface area contributed by atoms with E-state index in [1.807, 2.05) is 30.9 Å². The van der Waals surface area contributed by atoms with Gasteiger partial charge >= 0.3 is 0 Å². The van der Waals surface area contributed by atoms with E-state index in [0.717, 1.165) is 6.42 Å². The summed E-state index contributed by atoms with van der Waals surface area (Å²) in [5.74, 6) is 1.16.